The van der Waals surface area contributed by atoms with Gasteiger partial charge in [0.2, 0.25) is 0 Å². The van der Waals surface area contributed by atoms with Crippen LogP contribution in [0.4, 0.5) is 0 Å². The molecule has 0 atom stereocenters. The third-order valence-electron chi connectivity index (χ3n) is 4.18. The van der Waals surface area contributed by atoms with Crippen molar-refractivity contribution in [2.75, 3.05) is 0 Å². The fourth-order valence-electron chi connectivity index (χ4n) is 4.50. The van der Waals surface area contributed by atoms with Crippen LogP contribution in [0.5, 0.6) is 5.75 Å². The Morgan fingerprint density at radius 3 is 1.30 bits per heavy atom. The summed E-state index contributed by atoms with van der Waals surface area (Å²) in [5.74, 6) is 1.01. The molecular formula is C18H32OSi. The van der Waals surface area contributed by atoms with E-state index < -0.39 is 8.32 Å². The molecule has 1 nitrogen and oxygen atoms in total. The quantitative estimate of drug-likeness (QED) is 0.572. The van der Waals surface area contributed by atoms with E-state index in [0.29, 0.717) is 0 Å². The first-order valence-corrected chi connectivity index (χ1v) is 9.48. The van der Waals surface area contributed by atoms with Crippen molar-refractivity contribution >= 4 is 8.32 Å². The Hall–Kier alpha value is -0.763. The molecule has 20 heavy (non-hydrogen) atoms. The predicted octanol–water partition coefficient (Wildman–Crippen LogP) is 6.41. The van der Waals surface area contributed by atoms with Crippen LogP contribution in [0.3, 0.4) is 0 Å². The van der Waals surface area contributed by atoms with E-state index in [9.17, 15) is 0 Å². The van der Waals surface area contributed by atoms with Crippen molar-refractivity contribution in [1.82, 2.24) is 0 Å². The lowest BCUT2D eigenvalue weighted by Crippen LogP contribution is -2.63. The van der Waals surface area contributed by atoms with E-state index in [4.69, 9.17) is 4.43 Å². The first-order valence-electron chi connectivity index (χ1n) is 7.57. The highest BCUT2D eigenvalue weighted by Gasteiger charge is 2.63. The molecule has 0 radical (unpaired) electrons. The van der Waals surface area contributed by atoms with E-state index in [0.717, 1.165) is 5.75 Å². The molecule has 0 amide bonds. The lowest BCUT2D eigenvalue weighted by atomic mass is 10.2. The number of benzene rings is 1. The average molecular weight is 293 g/mol. The van der Waals surface area contributed by atoms with Crippen molar-refractivity contribution in [3.63, 3.8) is 0 Å². The summed E-state index contributed by atoms with van der Waals surface area (Å²) in [4.78, 5) is 0. The van der Waals surface area contributed by atoms with Crippen LogP contribution < -0.4 is 4.43 Å². The van der Waals surface area contributed by atoms with Crippen LogP contribution in [0.1, 0.15) is 62.3 Å². The molecule has 0 N–H and O–H groups in total. The molecule has 0 saturated heterocycles. The van der Waals surface area contributed by atoms with Crippen molar-refractivity contribution in [2.24, 2.45) is 0 Å². The number of hydrogen-bond donors (Lipinski definition) is 0. The SMILES string of the molecule is CC(C)(C)[Si](Oc1ccccc1)(C(C)(C)C)C(C)(C)C. The van der Waals surface area contributed by atoms with E-state index >= 15 is 0 Å². The number of para-hydroxylation sites is 1. The van der Waals surface area contributed by atoms with Gasteiger partial charge in [-0.05, 0) is 27.2 Å². The second-order valence-corrected chi connectivity index (χ2v) is 14.9. The van der Waals surface area contributed by atoms with Gasteiger partial charge < -0.3 is 4.43 Å². The Kier molecular flexibility index (Phi) is 4.51. The molecule has 1 aromatic carbocycles. The maximum absolute atomic E-state index is 6.83. The minimum atomic E-state index is -2.14. The van der Waals surface area contributed by atoms with Crippen LogP contribution in [0.2, 0.25) is 15.1 Å². The molecule has 0 saturated carbocycles. The van der Waals surface area contributed by atoms with Crippen LogP contribution in [0.15, 0.2) is 30.3 Å². The Labute approximate surface area is 126 Å². The Balaban J connectivity index is 3.48. The lowest BCUT2D eigenvalue weighted by Gasteiger charge is -2.57. The van der Waals surface area contributed by atoms with Gasteiger partial charge in [-0.25, -0.2) is 0 Å². The number of hydrogen-bond acceptors (Lipinski definition) is 1. The predicted molar refractivity (Wildman–Crippen MR) is 92.0 cm³/mol. The van der Waals surface area contributed by atoms with Gasteiger partial charge in [0.05, 0.1) is 0 Å². The summed E-state index contributed by atoms with van der Waals surface area (Å²) in [6.07, 6.45) is 0. The molecule has 1 aromatic rings. The van der Waals surface area contributed by atoms with Crippen molar-refractivity contribution in [1.29, 1.82) is 0 Å². The van der Waals surface area contributed by atoms with E-state index in [1.165, 1.54) is 0 Å². The van der Waals surface area contributed by atoms with Gasteiger partial charge in [-0.2, -0.15) is 0 Å². The number of rotatable bonds is 2. The Morgan fingerprint density at radius 1 is 0.650 bits per heavy atom. The second-order valence-electron chi connectivity index (χ2n) is 8.85. The smallest absolute Gasteiger partial charge is 0.267 e. The zero-order valence-electron chi connectivity index (χ0n) is 14.8. The van der Waals surface area contributed by atoms with Crippen molar-refractivity contribution in [2.45, 2.75) is 77.4 Å². The summed E-state index contributed by atoms with van der Waals surface area (Å²) in [5.41, 5.74) is 0. The molecule has 0 fully saturated rings. The first kappa shape index (κ1) is 17.3. The zero-order valence-corrected chi connectivity index (χ0v) is 15.8. The van der Waals surface area contributed by atoms with Crippen molar-refractivity contribution in [3.05, 3.63) is 30.3 Å². The molecule has 0 spiro atoms. The second kappa shape index (κ2) is 5.21. The molecule has 1 rings (SSSR count). The minimum absolute atomic E-state index is 0.152. The van der Waals surface area contributed by atoms with Gasteiger partial charge in [-0.3, -0.25) is 0 Å². The van der Waals surface area contributed by atoms with Gasteiger partial charge in [0, 0.05) is 0 Å². The van der Waals surface area contributed by atoms with Gasteiger partial charge in [0.1, 0.15) is 5.75 Å². The maximum Gasteiger partial charge on any atom is 0.267 e. The molecule has 114 valence electrons. The Morgan fingerprint density at radius 2 is 1.00 bits per heavy atom. The maximum atomic E-state index is 6.83. The monoisotopic (exact) mass is 292 g/mol. The van der Waals surface area contributed by atoms with Gasteiger partial charge >= 0.3 is 0 Å². The lowest BCUT2D eigenvalue weighted by molar-refractivity contribution is 0.373. The summed E-state index contributed by atoms with van der Waals surface area (Å²) in [6.45, 7) is 21.1. The Bertz CT molecular complexity index is 393. The van der Waals surface area contributed by atoms with Crippen LogP contribution in [0.25, 0.3) is 0 Å². The van der Waals surface area contributed by atoms with Crippen LogP contribution in [0, 0.1) is 0 Å². The van der Waals surface area contributed by atoms with Crippen LogP contribution >= 0.6 is 0 Å². The summed E-state index contributed by atoms with van der Waals surface area (Å²) >= 11 is 0. The third-order valence-corrected chi connectivity index (χ3v) is 11.1. The van der Waals surface area contributed by atoms with E-state index in [-0.39, 0.29) is 15.1 Å². The largest absolute Gasteiger partial charge is 0.542 e. The fraction of sp³-hybridized carbons (Fsp3) is 0.667. The minimum Gasteiger partial charge on any atom is -0.542 e. The molecular weight excluding hydrogens is 260 g/mol. The third kappa shape index (κ3) is 2.95. The molecule has 2 heteroatoms. The normalized spacial score (nSPS) is 14.2. The molecule has 0 unspecified atom stereocenters. The first-order chi connectivity index (χ1) is 8.83. The standard InChI is InChI=1S/C18H32OSi/c1-16(2,3)20(17(4,5)6,18(7,8)9)19-15-13-11-10-12-14-15/h10-14H,1-9H3. The highest BCUT2D eigenvalue weighted by molar-refractivity contribution is 6.82. The topological polar surface area (TPSA) is 9.23 Å². The van der Waals surface area contributed by atoms with Crippen LogP contribution in [-0.2, 0) is 0 Å². The molecule has 0 bridgehead atoms. The van der Waals surface area contributed by atoms with E-state index in [1.54, 1.807) is 0 Å². The van der Waals surface area contributed by atoms with Gasteiger partial charge in [-0.1, -0.05) is 80.5 Å². The van der Waals surface area contributed by atoms with Crippen LogP contribution in [-0.4, -0.2) is 8.32 Å². The highest BCUT2D eigenvalue weighted by Crippen LogP contribution is 2.62. The molecule has 0 aliphatic heterocycles. The highest BCUT2D eigenvalue weighted by atomic mass is 28.4. The van der Waals surface area contributed by atoms with E-state index in [2.05, 4.69) is 86.6 Å². The van der Waals surface area contributed by atoms with Gasteiger partial charge in [0.25, 0.3) is 8.32 Å². The summed E-state index contributed by atoms with van der Waals surface area (Å²) in [5, 5.41) is 0.456. The van der Waals surface area contributed by atoms with E-state index in [1.807, 2.05) is 6.07 Å². The molecule has 0 heterocycles. The summed E-state index contributed by atoms with van der Waals surface area (Å²) in [6, 6.07) is 10.3. The summed E-state index contributed by atoms with van der Waals surface area (Å²) in [7, 11) is -2.14. The zero-order chi connectivity index (χ0) is 15.8. The van der Waals surface area contributed by atoms with Crippen molar-refractivity contribution in [3.8, 4) is 5.75 Å². The molecule has 0 aromatic heterocycles. The molecule has 0 aliphatic rings. The summed E-state index contributed by atoms with van der Waals surface area (Å²) < 4.78 is 6.83. The van der Waals surface area contributed by atoms with Gasteiger partial charge in [-0.15, -0.1) is 0 Å². The van der Waals surface area contributed by atoms with Gasteiger partial charge in [0.15, 0.2) is 0 Å². The average Bonchev–Trinajstić information content (AvgIpc) is 2.22. The van der Waals surface area contributed by atoms with Crippen molar-refractivity contribution < 1.29 is 4.43 Å². The fourth-order valence-corrected chi connectivity index (χ4v) is 12.7. The molecule has 0 aliphatic carbocycles.